The largest absolute Gasteiger partial charge is 0.484 e. The molecule has 0 N–H and O–H groups in total. The summed E-state index contributed by atoms with van der Waals surface area (Å²) in [6.07, 6.45) is 0. The molecule has 0 aliphatic rings. The Hall–Kier alpha value is -2.15. The van der Waals surface area contributed by atoms with E-state index in [1.165, 1.54) is 16.9 Å². The highest BCUT2D eigenvalue weighted by atomic mass is 35.5. The lowest BCUT2D eigenvalue weighted by molar-refractivity contribution is -0.120. The van der Waals surface area contributed by atoms with Crippen LogP contribution in [-0.2, 0) is 4.79 Å². The number of rotatable bonds is 8. The molecule has 0 saturated heterocycles. The molecule has 3 rings (SSSR count). The van der Waals surface area contributed by atoms with Crippen LogP contribution in [-0.4, -0.2) is 49.6 Å². The second-order valence-electron chi connectivity index (χ2n) is 7.90. The van der Waals surface area contributed by atoms with Crippen LogP contribution in [0.5, 0.6) is 5.75 Å². The van der Waals surface area contributed by atoms with Crippen molar-refractivity contribution in [3.8, 4) is 5.75 Å². The van der Waals surface area contributed by atoms with Crippen LogP contribution in [0.1, 0.15) is 30.9 Å². The number of carbonyl (C=O) groups excluding carboxylic acids is 1. The Balaban J connectivity index is 1.80. The van der Waals surface area contributed by atoms with Gasteiger partial charge in [0.1, 0.15) is 5.75 Å². The van der Waals surface area contributed by atoms with Gasteiger partial charge in [-0.25, -0.2) is 4.98 Å². The van der Waals surface area contributed by atoms with Crippen LogP contribution in [0.15, 0.2) is 36.4 Å². The van der Waals surface area contributed by atoms with Crippen LogP contribution in [0.3, 0.4) is 0 Å². The molecule has 30 heavy (non-hydrogen) atoms. The van der Waals surface area contributed by atoms with Gasteiger partial charge in [-0.15, -0.1) is 0 Å². The molecule has 1 amide bonds. The number of hydrogen-bond acceptors (Lipinski definition) is 5. The van der Waals surface area contributed by atoms with E-state index >= 15 is 0 Å². The van der Waals surface area contributed by atoms with Gasteiger partial charge in [-0.1, -0.05) is 55.0 Å². The van der Waals surface area contributed by atoms with Gasteiger partial charge in [-0.3, -0.25) is 9.69 Å². The van der Waals surface area contributed by atoms with Crippen molar-refractivity contribution in [2.24, 2.45) is 0 Å². The predicted molar refractivity (Wildman–Crippen MR) is 126 cm³/mol. The number of fused-ring (bicyclic) bond motifs is 1. The number of thiazole rings is 1. The SMILES string of the molecule is Cc1ccc(Cl)c2sc(N(CCN(C)C)C(=O)COc3ccc(C(C)C)cc3)nc12. The van der Waals surface area contributed by atoms with Crippen LogP contribution in [0.4, 0.5) is 5.13 Å². The summed E-state index contributed by atoms with van der Waals surface area (Å²) in [4.78, 5) is 21.5. The molecule has 0 saturated carbocycles. The molecule has 7 heteroatoms. The Morgan fingerprint density at radius 1 is 1.13 bits per heavy atom. The Kier molecular flexibility index (Phi) is 7.34. The number of anilines is 1. The van der Waals surface area contributed by atoms with Crippen molar-refractivity contribution in [2.45, 2.75) is 26.7 Å². The van der Waals surface area contributed by atoms with Crippen molar-refractivity contribution in [3.63, 3.8) is 0 Å². The van der Waals surface area contributed by atoms with Gasteiger partial charge in [-0.2, -0.15) is 0 Å². The van der Waals surface area contributed by atoms with Crippen LogP contribution >= 0.6 is 22.9 Å². The van der Waals surface area contributed by atoms with Gasteiger partial charge in [-0.05, 0) is 56.3 Å². The monoisotopic (exact) mass is 445 g/mol. The minimum atomic E-state index is -0.127. The number of amides is 1. The Morgan fingerprint density at radius 3 is 2.43 bits per heavy atom. The molecule has 0 atom stereocenters. The average molecular weight is 446 g/mol. The first-order valence-electron chi connectivity index (χ1n) is 9.99. The highest BCUT2D eigenvalue weighted by molar-refractivity contribution is 7.23. The quantitative estimate of drug-likeness (QED) is 0.468. The molecule has 0 bridgehead atoms. The Morgan fingerprint density at radius 2 is 1.83 bits per heavy atom. The van der Waals surface area contributed by atoms with Gasteiger partial charge in [0.15, 0.2) is 11.7 Å². The summed E-state index contributed by atoms with van der Waals surface area (Å²) in [6.45, 7) is 7.49. The highest BCUT2D eigenvalue weighted by Crippen LogP contribution is 2.35. The van der Waals surface area contributed by atoms with Gasteiger partial charge in [0, 0.05) is 13.1 Å². The van der Waals surface area contributed by atoms with Crippen LogP contribution in [0.2, 0.25) is 5.02 Å². The van der Waals surface area contributed by atoms with Gasteiger partial charge >= 0.3 is 0 Å². The number of aromatic nitrogens is 1. The fourth-order valence-corrected chi connectivity index (χ4v) is 4.37. The first-order valence-corrected chi connectivity index (χ1v) is 11.2. The van der Waals surface area contributed by atoms with Crippen molar-refractivity contribution in [2.75, 3.05) is 38.7 Å². The number of ether oxygens (including phenoxy) is 1. The van der Waals surface area contributed by atoms with E-state index < -0.39 is 0 Å². The lowest BCUT2D eigenvalue weighted by atomic mass is 10.0. The van der Waals surface area contributed by atoms with Crippen molar-refractivity contribution in [1.29, 1.82) is 0 Å². The van der Waals surface area contributed by atoms with E-state index in [0.29, 0.717) is 28.4 Å². The van der Waals surface area contributed by atoms with E-state index in [9.17, 15) is 4.79 Å². The maximum atomic E-state index is 13.1. The number of carbonyl (C=O) groups is 1. The molecular weight excluding hydrogens is 418 g/mol. The minimum absolute atomic E-state index is 0.0446. The van der Waals surface area contributed by atoms with Crippen molar-refractivity contribution >= 4 is 44.2 Å². The normalized spacial score (nSPS) is 11.5. The van der Waals surface area contributed by atoms with E-state index in [1.54, 1.807) is 4.90 Å². The molecule has 1 aromatic heterocycles. The molecule has 0 aliphatic carbocycles. The smallest absolute Gasteiger partial charge is 0.266 e. The van der Waals surface area contributed by atoms with Gasteiger partial charge in [0.2, 0.25) is 0 Å². The molecular formula is C23H28ClN3O2S. The summed E-state index contributed by atoms with van der Waals surface area (Å²) in [5.41, 5.74) is 3.12. The van der Waals surface area contributed by atoms with Gasteiger partial charge in [0.25, 0.3) is 5.91 Å². The summed E-state index contributed by atoms with van der Waals surface area (Å²) >= 11 is 7.81. The zero-order valence-electron chi connectivity index (χ0n) is 18.1. The zero-order valence-corrected chi connectivity index (χ0v) is 19.7. The molecule has 160 valence electrons. The number of benzene rings is 2. The molecule has 0 fully saturated rings. The second kappa shape index (κ2) is 9.77. The van der Waals surface area contributed by atoms with E-state index in [-0.39, 0.29) is 12.5 Å². The molecule has 5 nitrogen and oxygen atoms in total. The topological polar surface area (TPSA) is 45.7 Å². The lowest BCUT2D eigenvalue weighted by Crippen LogP contribution is -2.39. The maximum Gasteiger partial charge on any atom is 0.266 e. The van der Waals surface area contributed by atoms with Crippen LogP contribution in [0.25, 0.3) is 10.2 Å². The van der Waals surface area contributed by atoms with Crippen molar-refractivity contribution in [3.05, 3.63) is 52.5 Å². The Labute approximate surface area is 187 Å². The fourth-order valence-electron chi connectivity index (χ4n) is 3.01. The number of nitrogens with zero attached hydrogens (tertiary/aromatic N) is 3. The van der Waals surface area contributed by atoms with E-state index in [0.717, 1.165) is 22.3 Å². The summed E-state index contributed by atoms with van der Waals surface area (Å²) in [6, 6.07) is 11.7. The maximum absolute atomic E-state index is 13.1. The zero-order chi connectivity index (χ0) is 21.8. The summed E-state index contributed by atoms with van der Waals surface area (Å²) in [5, 5.41) is 1.30. The molecule has 3 aromatic rings. The first-order chi connectivity index (χ1) is 14.3. The van der Waals surface area contributed by atoms with Crippen LogP contribution in [0, 0.1) is 6.92 Å². The summed E-state index contributed by atoms with van der Waals surface area (Å²) in [7, 11) is 3.96. The Bertz CT molecular complexity index is 976. The molecule has 2 aromatic carbocycles. The molecule has 0 radical (unpaired) electrons. The molecule has 0 spiro atoms. The fraction of sp³-hybridized carbons (Fsp3) is 0.391. The summed E-state index contributed by atoms with van der Waals surface area (Å²) in [5.74, 6) is 1.01. The average Bonchev–Trinajstić information content (AvgIpc) is 3.16. The summed E-state index contributed by atoms with van der Waals surface area (Å²) < 4.78 is 6.68. The number of aryl methyl sites for hydroxylation is 1. The molecule has 0 aliphatic heterocycles. The lowest BCUT2D eigenvalue weighted by Gasteiger charge is -2.22. The van der Waals surface area contributed by atoms with Crippen molar-refractivity contribution < 1.29 is 9.53 Å². The predicted octanol–water partition coefficient (Wildman–Crippen LogP) is 5.36. The molecule has 1 heterocycles. The number of halogens is 1. The minimum Gasteiger partial charge on any atom is -0.484 e. The van der Waals surface area contributed by atoms with Crippen LogP contribution < -0.4 is 9.64 Å². The third-order valence-corrected chi connectivity index (χ3v) is 6.44. The second-order valence-corrected chi connectivity index (χ2v) is 9.28. The number of likely N-dealkylation sites (N-methyl/N-ethyl adjacent to an activating group) is 1. The van der Waals surface area contributed by atoms with Crippen molar-refractivity contribution in [1.82, 2.24) is 9.88 Å². The van der Waals surface area contributed by atoms with E-state index in [4.69, 9.17) is 21.3 Å². The third-order valence-electron chi connectivity index (χ3n) is 4.90. The molecule has 0 unspecified atom stereocenters. The highest BCUT2D eigenvalue weighted by Gasteiger charge is 2.22. The van der Waals surface area contributed by atoms with Gasteiger partial charge in [0.05, 0.1) is 15.2 Å². The number of hydrogen-bond donors (Lipinski definition) is 0. The van der Waals surface area contributed by atoms with E-state index in [2.05, 4.69) is 13.8 Å². The van der Waals surface area contributed by atoms with Gasteiger partial charge < -0.3 is 9.64 Å². The standard InChI is InChI=1S/C23H28ClN3O2S/c1-15(2)17-7-9-18(10-8-17)29-14-20(28)27(13-12-26(4)5)23-25-21-16(3)6-11-19(24)22(21)30-23/h6-11,15H,12-14H2,1-5H3. The first kappa shape index (κ1) is 22.5. The van der Waals surface area contributed by atoms with E-state index in [1.807, 2.05) is 62.3 Å². The third kappa shape index (κ3) is 5.31.